The highest BCUT2D eigenvalue weighted by atomic mass is 32.1. The molecule has 6 heteroatoms. The number of esters is 1. The molecule has 2 heterocycles. The number of nitrogens with zero attached hydrogens (tertiary/aromatic N) is 1. The number of carbonyl (C=O) groups is 1. The molecular weight excluding hydrogens is 264 g/mol. The quantitative estimate of drug-likeness (QED) is 0.691. The third kappa shape index (κ3) is 1.72. The van der Waals surface area contributed by atoms with Gasteiger partial charge in [0.25, 0.3) is 5.56 Å². The van der Waals surface area contributed by atoms with Crippen LogP contribution in [0.4, 0.5) is 0 Å². The third-order valence-electron chi connectivity index (χ3n) is 2.90. The molecule has 0 amide bonds. The van der Waals surface area contributed by atoms with Crippen molar-refractivity contribution in [3.05, 3.63) is 39.1 Å². The first-order chi connectivity index (χ1) is 9.11. The second kappa shape index (κ2) is 4.17. The Morgan fingerprint density at radius 3 is 2.95 bits per heavy atom. The zero-order chi connectivity index (χ0) is 13.6. The van der Waals surface area contributed by atoms with Gasteiger partial charge in [0.1, 0.15) is 5.52 Å². The van der Waals surface area contributed by atoms with Gasteiger partial charge in [-0.25, -0.2) is 9.78 Å². The van der Waals surface area contributed by atoms with Crippen LogP contribution in [0.1, 0.15) is 15.4 Å². The van der Waals surface area contributed by atoms with Gasteiger partial charge in [-0.15, -0.1) is 11.3 Å². The van der Waals surface area contributed by atoms with Gasteiger partial charge in [0.05, 0.1) is 27.9 Å². The maximum Gasteiger partial charge on any atom is 0.339 e. The molecule has 0 aliphatic carbocycles. The lowest BCUT2D eigenvalue weighted by molar-refractivity contribution is 0.0603. The standard InChI is InChI=1S/C13H10N2O3S/c1-6-14-10-11(19-6)7-4-3-5-8(13(17)18-2)9(7)15-12(10)16/h3-5H,1-2H3,(H,15,16). The molecule has 19 heavy (non-hydrogen) atoms. The minimum atomic E-state index is -0.471. The number of ether oxygens (including phenoxy) is 1. The molecule has 0 radical (unpaired) electrons. The van der Waals surface area contributed by atoms with Gasteiger partial charge in [-0.05, 0) is 13.0 Å². The molecule has 0 unspecified atom stereocenters. The monoisotopic (exact) mass is 274 g/mol. The van der Waals surface area contributed by atoms with Gasteiger partial charge < -0.3 is 9.72 Å². The Labute approximate surface area is 111 Å². The van der Waals surface area contributed by atoms with E-state index in [4.69, 9.17) is 4.74 Å². The molecule has 3 rings (SSSR count). The minimum absolute atomic E-state index is 0.289. The number of methoxy groups -OCH3 is 1. The number of para-hydroxylation sites is 1. The largest absolute Gasteiger partial charge is 0.465 e. The smallest absolute Gasteiger partial charge is 0.339 e. The number of rotatable bonds is 1. The predicted octanol–water partition coefficient (Wildman–Crippen LogP) is 2.23. The van der Waals surface area contributed by atoms with E-state index in [-0.39, 0.29) is 5.56 Å². The van der Waals surface area contributed by atoms with Gasteiger partial charge in [0, 0.05) is 5.39 Å². The van der Waals surface area contributed by atoms with Crippen molar-refractivity contribution in [3.8, 4) is 0 Å². The normalized spacial score (nSPS) is 11.1. The molecule has 0 fully saturated rings. The number of fused-ring (bicyclic) bond motifs is 3. The summed E-state index contributed by atoms with van der Waals surface area (Å²) in [6.07, 6.45) is 0. The molecule has 3 aromatic rings. The number of benzene rings is 1. The average Bonchev–Trinajstić information content (AvgIpc) is 2.80. The number of aryl methyl sites for hydroxylation is 1. The molecule has 1 N–H and O–H groups in total. The lowest BCUT2D eigenvalue weighted by Gasteiger charge is -2.04. The highest BCUT2D eigenvalue weighted by Gasteiger charge is 2.15. The zero-order valence-electron chi connectivity index (χ0n) is 10.3. The Hall–Kier alpha value is -2.21. The predicted molar refractivity (Wildman–Crippen MR) is 73.8 cm³/mol. The number of pyridine rings is 1. The van der Waals surface area contributed by atoms with Crippen LogP contribution >= 0.6 is 11.3 Å². The molecule has 0 saturated carbocycles. The Morgan fingerprint density at radius 2 is 2.21 bits per heavy atom. The van der Waals surface area contributed by atoms with Gasteiger partial charge in [-0.3, -0.25) is 4.79 Å². The van der Waals surface area contributed by atoms with Gasteiger partial charge >= 0.3 is 5.97 Å². The molecule has 1 aromatic carbocycles. The third-order valence-corrected chi connectivity index (χ3v) is 3.91. The van der Waals surface area contributed by atoms with Crippen LogP contribution < -0.4 is 5.56 Å². The van der Waals surface area contributed by atoms with Crippen molar-refractivity contribution in [3.63, 3.8) is 0 Å². The summed E-state index contributed by atoms with van der Waals surface area (Å²) in [5.41, 5.74) is 0.973. The van der Waals surface area contributed by atoms with E-state index in [9.17, 15) is 9.59 Å². The number of thiazole rings is 1. The van der Waals surface area contributed by atoms with E-state index < -0.39 is 5.97 Å². The van der Waals surface area contributed by atoms with Crippen LogP contribution in [0.3, 0.4) is 0 Å². The van der Waals surface area contributed by atoms with E-state index in [1.54, 1.807) is 12.1 Å². The Morgan fingerprint density at radius 1 is 1.42 bits per heavy atom. The number of nitrogens with one attached hydrogen (secondary N) is 1. The van der Waals surface area contributed by atoms with E-state index in [1.165, 1.54) is 18.4 Å². The average molecular weight is 274 g/mol. The molecule has 0 aliphatic rings. The molecule has 0 saturated heterocycles. The number of aromatic amines is 1. The van der Waals surface area contributed by atoms with Crippen LogP contribution in [0.25, 0.3) is 21.1 Å². The van der Waals surface area contributed by atoms with Gasteiger partial charge in [-0.1, -0.05) is 12.1 Å². The van der Waals surface area contributed by atoms with E-state index in [2.05, 4.69) is 9.97 Å². The molecule has 5 nitrogen and oxygen atoms in total. The first-order valence-electron chi connectivity index (χ1n) is 5.62. The van der Waals surface area contributed by atoms with Crippen molar-refractivity contribution < 1.29 is 9.53 Å². The fourth-order valence-electron chi connectivity index (χ4n) is 2.09. The van der Waals surface area contributed by atoms with Gasteiger partial charge in [0.15, 0.2) is 0 Å². The van der Waals surface area contributed by atoms with Crippen LogP contribution in [0.5, 0.6) is 0 Å². The molecule has 0 bridgehead atoms. The Bertz CT molecular complexity index is 863. The summed E-state index contributed by atoms with van der Waals surface area (Å²) in [7, 11) is 1.31. The van der Waals surface area contributed by atoms with Crippen molar-refractivity contribution in [2.75, 3.05) is 7.11 Å². The van der Waals surface area contributed by atoms with Crippen LogP contribution in [0.2, 0.25) is 0 Å². The fraction of sp³-hybridized carbons (Fsp3) is 0.154. The summed E-state index contributed by atoms with van der Waals surface area (Å²) in [5, 5.41) is 1.62. The fourth-order valence-corrected chi connectivity index (χ4v) is 3.04. The molecule has 0 aliphatic heterocycles. The van der Waals surface area contributed by atoms with E-state index >= 15 is 0 Å². The van der Waals surface area contributed by atoms with Crippen LogP contribution in [0.15, 0.2) is 23.0 Å². The van der Waals surface area contributed by atoms with Gasteiger partial charge in [0.2, 0.25) is 0 Å². The summed E-state index contributed by atoms with van der Waals surface area (Å²) >= 11 is 1.44. The lowest BCUT2D eigenvalue weighted by atomic mass is 10.1. The second-order valence-electron chi connectivity index (χ2n) is 4.08. The summed E-state index contributed by atoms with van der Waals surface area (Å²) in [4.78, 5) is 30.7. The van der Waals surface area contributed by atoms with Crippen molar-refractivity contribution in [2.45, 2.75) is 6.92 Å². The Kier molecular flexibility index (Phi) is 2.60. The summed E-state index contributed by atoms with van der Waals surface area (Å²) in [6.45, 7) is 1.85. The number of hydrogen-bond donors (Lipinski definition) is 1. The molecule has 96 valence electrons. The highest BCUT2D eigenvalue weighted by Crippen LogP contribution is 2.28. The number of carbonyl (C=O) groups excluding carboxylic acids is 1. The number of aromatic nitrogens is 2. The van der Waals surface area contributed by atoms with Crippen molar-refractivity contribution in [1.82, 2.24) is 9.97 Å². The summed E-state index contributed by atoms with van der Waals surface area (Å²) in [5.74, 6) is -0.471. The minimum Gasteiger partial charge on any atom is -0.465 e. The molecule has 2 aromatic heterocycles. The second-order valence-corrected chi connectivity index (χ2v) is 5.29. The zero-order valence-corrected chi connectivity index (χ0v) is 11.1. The number of H-pyrrole nitrogens is 1. The van der Waals surface area contributed by atoms with Gasteiger partial charge in [-0.2, -0.15) is 0 Å². The van der Waals surface area contributed by atoms with E-state index in [0.29, 0.717) is 16.6 Å². The van der Waals surface area contributed by atoms with E-state index in [0.717, 1.165) is 15.1 Å². The first-order valence-corrected chi connectivity index (χ1v) is 6.44. The first kappa shape index (κ1) is 11.9. The maximum atomic E-state index is 12.0. The van der Waals surface area contributed by atoms with E-state index in [1.807, 2.05) is 13.0 Å². The number of hydrogen-bond acceptors (Lipinski definition) is 5. The summed E-state index contributed by atoms with van der Waals surface area (Å²) in [6, 6.07) is 5.25. The van der Waals surface area contributed by atoms with Crippen LogP contribution in [0, 0.1) is 6.92 Å². The highest BCUT2D eigenvalue weighted by molar-refractivity contribution is 7.19. The topological polar surface area (TPSA) is 72.1 Å². The van der Waals surface area contributed by atoms with Crippen LogP contribution in [-0.4, -0.2) is 23.0 Å². The SMILES string of the molecule is COC(=O)c1cccc2c1[nH]c(=O)c1nc(C)sc12. The Balaban J connectivity index is 2.52. The molecular formula is C13H10N2O3S. The lowest BCUT2D eigenvalue weighted by Crippen LogP contribution is -2.10. The molecule has 0 atom stereocenters. The molecule has 0 spiro atoms. The van der Waals surface area contributed by atoms with Crippen molar-refractivity contribution >= 4 is 38.4 Å². The van der Waals surface area contributed by atoms with Crippen LogP contribution in [-0.2, 0) is 4.74 Å². The summed E-state index contributed by atoms with van der Waals surface area (Å²) < 4.78 is 5.52. The van der Waals surface area contributed by atoms with Crippen molar-refractivity contribution in [1.29, 1.82) is 0 Å². The van der Waals surface area contributed by atoms with Crippen molar-refractivity contribution in [2.24, 2.45) is 0 Å². The maximum absolute atomic E-state index is 12.0.